The number of benzene rings is 2. The molecule has 6 heteroatoms. The molecule has 0 bridgehead atoms. The van der Waals surface area contributed by atoms with Gasteiger partial charge in [0.05, 0.1) is 16.5 Å². The molecule has 1 atom stereocenters. The maximum Gasteiger partial charge on any atom is 0.276 e. The van der Waals surface area contributed by atoms with Crippen LogP contribution >= 0.6 is 0 Å². The molecule has 0 saturated carbocycles. The van der Waals surface area contributed by atoms with E-state index in [1.807, 2.05) is 31.2 Å². The van der Waals surface area contributed by atoms with Crippen LogP contribution in [-0.2, 0) is 0 Å². The minimum absolute atomic E-state index is 0.0220. The molecular formula is C19H19FN2O3. The van der Waals surface area contributed by atoms with E-state index in [2.05, 4.69) is 0 Å². The molecule has 1 saturated heterocycles. The standard InChI is InChI=1S/C19H19FN2O3/c1-12-5-7-14(8-6-12)17-4-3-9-21(17)19(23)15-10-16(20)13(2)18(11-15)22(24)25/h5-8,10-11,17H,3-4,9H2,1-2H3. The summed E-state index contributed by atoms with van der Waals surface area (Å²) in [6.45, 7) is 3.89. The molecule has 0 aliphatic carbocycles. The summed E-state index contributed by atoms with van der Waals surface area (Å²) in [5.41, 5.74) is 1.76. The number of halogens is 1. The summed E-state index contributed by atoms with van der Waals surface area (Å²) in [4.78, 5) is 25.0. The topological polar surface area (TPSA) is 63.5 Å². The lowest BCUT2D eigenvalue weighted by molar-refractivity contribution is -0.385. The normalized spacial score (nSPS) is 16.9. The summed E-state index contributed by atoms with van der Waals surface area (Å²) in [6, 6.07) is 10.1. The van der Waals surface area contributed by atoms with Crippen LogP contribution < -0.4 is 0 Å². The van der Waals surface area contributed by atoms with E-state index in [-0.39, 0.29) is 28.8 Å². The summed E-state index contributed by atoms with van der Waals surface area (Å²) >= 11 is 0. The van der Waals surface area contributed by atoms with Crippen LogP contribution in [0.15, 0.2) is 36.4 Å². The van der Waals surface area contributed by atoms with Crippen molar-refractivity contribution in [3.8, 4) is 0 Å². The number of aryl methyl sites for hydroxylation is 1. The van der Waals surface area contributed by atoms with Gasteiger partial charge >= 0.3 is 0 Å². The van der Waals surface area contributed by atoms with Crippen molar-refractivity contribution >= 4 is 11.6 Å². The molecule has 0 N–H and O–H groups in total. The van der Waals surface area contributed by atoms with Gasteiger partial charge in [0.1, 0.15) is 5.82 Å². The molecule has 0 aromatic heterocycles. The highest BCUT2D eigenvalue weighted by Gasteiger charge is 2.32. The van der Waals surface area contributed by atoms with Gasteiger partial charge in [-0.15, -0.1) is 0 Å². The van der Waals surface area contributed by atoms with Crippen LogP contribution in [0.5, 0.6) is 0 Å². The molecule has 3 rings (SSSR count). The van der Waals surface area contributed by atoms with Crippen molar-refractivity contribution in [1.29, 1.82) is 0 Å². The monoisotopic (exact) mass is 342 g/mol. The highest BCUT2D eigenvalue weighted by molar-refractivity contribution is 5.95. The van der Waals surface area contributed by atoms with E-state index >= 15 is 0 Å². The van der Waals surface area contributed by atoms with Gasteiger partial charge in [-0.05, 0) is 38.3 Å². The van der Waals surface area contributed by atoms with E-state index < -0.39 is 10.7 Å². The molecule has 1 amide bonds. The maximum absolute atomic E-state index is 14.0. The van der Waals surface area contributed by atoms with Crippen LogP contribution in [0.3, 0.4) is 0 Å². The quantitative estimate of drug-likeness (QED) is 0.616. The summed E-state index contributed by atoms with van der Waals surface area (Å²) in [7, 11) is 0. The second kappa shape index (κ2) is 6.63. The highest BCUT2D eigenvalue weighted by atomic mass is 19.1. The zero-order chi connectivity index (χ0) is 18.1. The lowest BCUT2D eigenvalue weighted by atomic mass is 10.0. The van der Waals surface area contributed by atoms with E-state index in [1.54, 1.807) is 4.90 Å². The van der Waals surface area contributed by atoms with E-state index in [0.29, 0.717) is 6.54 Å². The Labute approximate surface area is 145 Å². The van der Waals surface area contributed by atoms with Crippen molar-refractivity contribution in [1.82, 2.24) is 4.90 Å². The van der Waals surface area contributed by atoms with Gasteiger partial charge in [-0.1, -0.05) is 29.8 Å². The Morgan fingerprint density at radius 3 is 2.56 bits per heavy atom. The molecule has 2 aromatic rings. The van der Waals surface area contributed by atoms with Gasteiger partial charge < -0.3 is 4.90 Å². The number of nitrogens with zero attached hydrogens (tertiary/aromatic N) is 2. The smallest absolute Gasteiger partial charge is 0.276 e. The molecule has 1 unspecified atom stereocenters. The molecule has 130 valence electrons. The summed E-state index contributed by atoms with van der Waals surface area (Å²) < 4.78 is 14.0. The minimum Gasteiger partial charge on any atom is -0.332 e. The predicted octanol–water partition coefficient (Wildman–Crippen LogP) is 4.33. The van der Waals surface area contributed by atoms with E-state index in [4.69, 9.17) is 0 Å². The molecule has 1 aliphatic heterocycles. The van der Waals surface area contributed by atoms with Crippen LogP contribution in [0.2, 0.25) is 0 Å². The molecule has 1 aliphatic rings. The first-order valence-electron chi connectivity index (χ1n) is 8.20. The van der Waals surface area contributed by atoms with Crippen LogP contribution in [0, 0.1) is 29.8 Å². The van der Waals surface area contributed by atoms with E-state index in [9.17, 15) is 19.3 Å². The molecular weight excluding hydrogens is 323 g/mol. The number of amides is 1. The number of hydrogen-bond donors (Lipinski definition) is 0. The first kappa shape index (κ1) is 17.1. The highest BCUT2D eigenvalue weighted by Crippen LogP contribution is 2.34. The average Bonchev–Trinajstić information content (AvgIpc) is 3.06. The molecule has 0 radical (unpaired) electrons. The Bertz CT molecular complexity index is 833. The average molecular weight is 342 g/mol. The van der Waals surface area contributed by atoms with Gasteiger partial charge in [0.15, 0.2) is 0 Å². The van der Waals surface area contributed by atoms with Gasteiger partial charge in [-0.25, -0.2) is 4.39 Å². The summed E-state index contributed by atoms with van der Waals surface area (Å²) in [5.74, 6) is -1.10. The fraction of sp³-hybridized carbons (Fsp3) is 0.316. The van der Waals surface area contributed by atoms with Gasteiger partial charge in [0.25, 0.3) is 11.6 Å². The van der Waals surface area contributed by atoms with Crippen molar-refractivity contribution in [2.45, 2.75) is 32.7 Å². The SMILES string of the molecule is Cc1ccc(C2CCCN2C(=O)c2cc(F)c(C)c([N+](=O)[O-])c2)cc1. The van der Waals surface area contributed by atoms with Crippen molar-refractivity contribution in [3.05, 3.63) is 74.6 Å². The lowest BCUT2D eigenvalue weighted by Gasteiger charge is -2.25. The third-order valence-electron chi connectivity index (χ3n) is 4.74. The number of nitro benzene ring substituents is 1. The Hall–Kier alpha value is -2.76. The predicted molar refractivity (Wildman–Crippen MR) is 92.0 cm³/mol. The molecule has 0 spiro atoms. The second-order valence-corrected chi connectivity index (χ2v) is 6.43. The third kappa shape index (κ3) is 3.24. The summed E-state index contributed by atoms with van der Waals surface area (Å²) in [5, 5.41) is 11.1. The number of hydrogen-bond acceptors (Lipinski definition) is 3. The Morgan fingerprint density at radius 2 is 1.92 bits per heavy atom. The number of carbonyl (C=O) groups is 1. The first-order valence-corrected chi connectivity index (χ1v) is 8.20. The number of nitro groups is 1. The molecule has 1 fully saturated rings. The number of carbonyl (C=O) groups excluding carboxylic acids is 1. The van der Waals surface area contributed by atoms with Crippen LogP contribution in [0.4, 0.5) is 10.1 Å². The molecule has 2 aromatic carbocycles. The molecule has 25 heavy (non-hydrogen) atoms. The van der Waals surface area contributed by atoms with Crippen LogP contribution in [0.25, 0.3) is 0 Å². The van der Waals surface area contributed by atoms with Gasteiger partial charge in [0.2, 0.25) is 0 Å². The van der Waals surface area contributed by atoms with Crippen molar-refractivity contribution in [3.63, 3.8) is 0 Å². The largest absolute Gasteiger partial charge is 0.332 e. The van der Waals surface area contributed by atoms with Gasteiger partial charge in [0, 0.05) is 18.2 Å². The van der Waals surface area contributed by atoms with Gasteiger partial charge in [-0.3, -0.25) is 14.9 Å². The van der Waals surface area contributed by atoms with Crippen molar-refractivity contribution in [2.75, 3.05) is 6.54 Å². The first-order chi connectivity index (χ1) is 11.9. The third-order valence-corrected chi connectivity index (χ3v) is 4.74. The number of likely N-dealkylation sites (tertiary alicyclic amines) is 1. The second-order valence-electron chi connectivity index (χ2n) is 6.43. The van der Waals surface area contributed by atoms with Crippen LogP contribution in [-0.4, -0.2) is 22.3 Å². The maximum atomic E-state index is 14.0. The fourth-order valence-corrected chi connectivity index (χ4v) is 3.29. The Morgan fingerprint density at radius 1 is 1.24 bits per heavy atom. The zero-order valence-corrected chi connectivity index (χ0v) is 14.2. The fourth-order valence-electron chi connectivity index (χ4n) is 3.29. The minimum atomic E-state index is -0.733. The van der Waals surface area contributed by atoms with E-state index in [1.165, 1.54) is 13.0 Å². The van der Waals surface area contributed by atoms with E-state index in [0.717, 1.165) is 30.0 Å². The lowest BCUT2D eigenvalue weighted by Crippen LogP contribution is -2.30. The Kier molecular flexibility index (Phi) is 4.53. The zero-order valence-electron chi connectivity index (χ0n) is 14.2. The van der Waals surface area contributed by atoms with Gasteiger partial charge in [-0.2, -0.15) is 0 Å². The van der Waals surface area contributed by atoms with Crippen molar-refractivity contribution < 1.29 is 14.1 Å². The molecule has 1 heterocycles. The molecule has 5 nitrogen and oxygen atoms in total. The summed E-state index contributed by atoms with van der Waals surface area (Å²) in [6.07, 6.45) is 1.67. The van der Waals surface area contributed by atoms with Crippen molar-refractivity contribution in [2.24, 2.45) is 0 Å². The number of rotatable bonds is 3. The Balaban J connectivity index is 1.94. The van der Waals surface area contributed by atoms with Crippen LogP contribution in [0.1, 0.15) is 45.9 Å².